The van der Waals surface area contributed by atoms with Crippen LogP contribution in [0.15, 0.2) is 75.9 Å². The number of fused-ring (bicyclic) bond motifs is 2. The van der Waals surface area contributed by atoms with Gasteiger partial charge in [0.1, 0.15) is 28.1 Å². The van der Waals surface area contributed by atoms with Crippen LogP contribution in [-0.2, 0) is 0 Å². The lowest BCUT2D eigenvalue weighted by atomic mass is 10.1. The maximum atomic E-state index is 12.6. The molecule has 1 atom stereocenters. The summed E-state index contributed by atoms with van der Waals surface area (Å²) in [6.45, 7) is 1.63. The highest BCUT2D eigenvalue weighted by atomic mass is 16.5. The molecule has 27 heavy (non-hydrogen) atoms. The highest BCUT2D eigenvalue weighted by Gasteiger charge is 2.19. The Labute approximate surface area is 154 Å². The summed E-state index contributed by atoms with van der Waals surface area (Å²) < 4.78 is 11.5. The van der Waals surface area contributed by atoms with E-state index < -0.39 is 6.10 Å². The standard InChI is InChI=1S/C22H16O5/c1-13(21(24)14-7-3-2-4-8-14)26-15-11-17(23)20-19(12-15)27-18-10-6-5-9-16(18)22(20)25/h2-13,23H,1H3. The topological polar surface area (TPSA) is 76.7 Å². The monoisotopic (exact) mass is 360 g/mol. The molecule has 134 valence electrons. The first kappa shape index (κ1) is 16.8. The number of para-hydroxylation sites is 1. The fraction of sp³-hybridized carbons (Fsp3) is 0.0909. The summed E-state index contributed by atoms with van der Waals surface area (Å²) in [7, 11) is 0. The third kappa shape index (κ3) is 3.04. The highest BCUT2D eigenvalue weighted by molar-refractivity contribution is 5.99. The fourth-order valence-electron chi connectivity index (χ4n) is 3.04. The van der Waals surface area contributed by atoms with Crippen LogP contribution in [0, 0.1) is 0 Å². The van der Waals surface area contributed by atoms with E-state index in [4.69, 9.17) is 9.15 Å². The molecule has 0 aliphatic rings. The first-order valence-electron chi connectivity index (χ1n) is 8.49. The average Bonchev–Trinajstić information content (AvgIpc) is 2.68. The lowest BCUT2D eigenvalue weighted by Crippen LogP contribution is -2.23. The minimum absolute atomic E-state index is 0.0862. The van der Waals surface area contributed by atoms with Crippen LogP contribution >= 0.6 is 0 Å². The number of aromatic hydroxyl groups is 1. The number of carbonyl (C=O) groups excluding carboxylic acids is 1. The molecular formula is C22H16O5. The Kier molecular flexibility index (Phi) is 4.12. The number of carbonyl (C=O) groups is 1. The Hall–Kier alpha value is -3.60. The number of hydrogen-bond acceptors (Lipinski definition) is 5. The van der Waals surface area contributed by atoms with Crippen molar-refractivity contribution in [3.8, 4) is 11.5 Å². The SMILES string of the molecule is CC(Oc1cc(O)c2c(=O)c3ccccc3oc2c1)C(=O)c1ccccc1. The molecule has 5 heteroatoms. The summed E-state index contributed by atoms with van der Waals surface area (Å²) in [5.41, 5.74) is 0.838. The van der Waals surface area contributed by atoms with Gasteiger partial charge in [-0.05, 0) is 19.1 Å². The predicted octanol–water partition coefficient (Wildman–Crippen LogP) is 4.30. The van der Waals surface area contributed by atoms with Gasteiger partial charge in [0, 0.05) is 17.7 Å². The molecule has 0 aliphatic carbocycles. The second-order valence-electron chi connectivity index (χ2n) is 6.23. The quantitative estimate of drug-likeness (QED) is 0.434. The molecule has 4 rings (SSSR count). The Balaban J connectivity index is 1.74. The number of benzene rings is 3. The van der Waals surface area contributed by atoms with Gasteiger partial charge in [0.25, 0.3) is 0 Å². The molecule has 5 nitrogen and oxygen atoms in total. The summed E-state index contributed by atoms with van der Waals surface area (Å²) in [4.78, 5) is 25.1. The van der Waals surface area contributed by atoms with Crippen molar-refractivity contribution in [1.29, 1.82) is 0 Å². The molecule has 1 heterocycles. The van der Waals surface area contributed by atoms with E-state index >= 15 is 0 Å². The maximum absolute atomic E-state index is 12.6. The number of phenols is 1. The number of ether oxygens (including phenoxy) is 1. The van der Waals surface area contributed by atoms with E-state index in [1.807, 2.05) is 6.07 Å². The Morgan fingerprint density at radius 1 is 1.00 bits per heavy atom. The second-order valence-corrected chi connectivity index (χ2v) is 6.23. The largest absolute Gasteiger partial charge is 0.507 e. The number of Topliss-reactive ketones (excluding diaryl/α,β-unsaturated/α-hetero) is 1. The van der Waals surface area contributed by atoms with Gasteiger partial charge < -0.3 is 14.3 Å². The molecule has 0 saturated carbocycles. The van der Waals surface area contributed by atoms with Crippen molar-refractivity contribution in [2.45, 2.75) is 13.0 Å². The summed E-state index contributed by atoms with van der Waals surface area (Å²) in [6, 6.07) is 18.5. The van der Waals surface area contributed by atoms with Gasteiger partial charge in [-0.15, -0.1) is 0 Å². The van der Waals surface area contributed by atoms with E-state index in [1.165, 1.54) is 12.1 Å². The number of phenolic OH excluding ortho intramolecular Hbond substituents is 1. The summed E-state index contributed by atoms with van der Waals surface area (Å²) >= 11 is 0. The smallest absolute Gasteiger partial charge is 0.204 e. The van der Waals surface area contributed by atoms with Gasteiger partial charge in [-0.25, -0.2) is 0 Å². The van der Waals surface area contributed by atoms with Crippen molar-refractivity contribution in [1.82, 2.24) is 0 Å². The number of rotatable bonds is 4. The van der Waals surface area contributed by atoms with Crippen molar-refractivity contribution in [3.63, 3.8) is 0 Å². The summed E-state index contributed by atoms with van der Waals surface area (Å²) in [5.74, 6) is -0.188. The van der Waals surface area contributed by atoms with E-state index in [0.717, 1.165) is 0 Å². The van der Waals surface area contributed by atoms with Gasteiger partial charge >= 0.3 is 0 Å². The van der Waals surface area contributed by atoms with Crippen molar-refractivity contribution < 1.29 is 19.1 Å². The van der Waals surface area contributed by atoms with E-state index in [1.54, 1.807) is 55.5 Å². The van der Waals surface area contributed by atoms with Crippen LogP contribution in [0.5, 0.6) is 11.5 Å². The van der Waals surface area contributed by atoms with E-state index in [-0.39, 0.29) is 33.7 Å². The van der Waals surface area contributed by atoms with Gasteiger partial charge in [0.05, 0.1) is 5.39 Å². The zero-order chi connectivity index (χ0) is 19.0. The van der Waals surface area contributed by atoms with Crippen molar-refractivity contribution in [2.75, 3.05) is 0 Å². The van der Waals surface area contributed by atoms with Gasteiger partial charge in [-0.3, -0.25) is 9.59 Å². The zero-order valence-corrected chi connectivity index (χ0v) is 14.5. The van der Waals surface area contributed by atoms with Crippen LogP contribution in [0.1, 0.15) is 17.3 Å². The second kappa shape index (κ2) is 6.61. The molecule has 0 amide bonds. The Morgan fingerprint density at radius 2 is 1.70 bits per heavy atom. The summed E-state index contributed by atoms with van der Waals surface area (Å²) in [5, 5.41) is 10.8. The molecule has 0 bridgehead atoms. The molecular weight excluding hydrogens is 344 g/mol. The molecule has 1 aromatic heterocycles. The Bertz CT molecular complexity index is 1210. The normalized spacial score (nSPS) is 12.2. The van der Waals surface area contributed by atoms with Crippen molar-refractivity contribution in [2.24, 2.45) is 0 Å². The minimum atomic E-state index is -0.767. The first-order valence-corrected chi connectivity index (χ1v) is 8.49. The van der Waals surface area contributed by atoms with Crippen molar-refractivity contribution >= 4 is 27.7 Å². The lowest BCUT2D eigenvalue weighted by Gasteiger charge is -2.14. The molecule has 0 spiro atoms. The number of ketones is 1. The molecule has 1 N–H and O–H groups in total. The number of hydrogen-bond donors (Lipinski definition) is 1. The van der Waals surface area contributed by atoms with Crippen LogP contribution in [0.2, 0.25) is 0 Å². The van der Waals surface area contributed by atoms with Crippen molar-refractivity contribution in [3.05, 3.63) is 82.5 Å². The molecule has 1 unspecified atom stereocenters. The molecule has 0 fully saturated rings. The van der Waals surface area contributed by atoms with E-state index in [0.29, 0.717) is 16.5 Å². The summed E-state index contributed by atoms with van der Waals surface area (Å²) in [6.07, 6.45) is -0.767. The third-order valence-corrected chi connectivity index (χ3v) is 4.37. The molecule has 0 saturated heterocycles. The fourth-order valence-corrected chi connectivity index (χ4v) is 3.04. The van der Waals surface area contributed by atoms with Crippen LogP contribution in [-0.4, -0.2) is 17.0 Å². The minimum Gasteiger partial charge on any atom is -0.507 e. The highest BCUT2D eigenvalue weighted by Crippen LogP contribution is 2.31. The Morgan fingerprint density at radius 3 is 2.48 bits per heavy atom. The van der Waals surface area contributed by atoms with Crippen LogP contribution in [0.3, 0.4) is 0 Å². The van der Waals surface area contributed by atoms with Gasteiger partial charge in [-0.2, -0.15) is 0 Å². The third-order valence-electron chi connectivity index (χ3n) is 4.37. The van der Waals surface area contributed by atoms with Gasteiger partial charge in [-0.1, -0.05) is 42.5 Å². The zero-order valence-electron chi connectivity index (χ0n) is 14.5. The molecule has 3 aromatic carbocycles. The average molecular weight is 360 g/mol. The van der Waals surface area contributed by atoms with E-state index in [2.05, 4.69) is 0 Å². The molecule has 0 radical (unpaired) electrons. The lowest BCUT2D eigenvalue weighted by molar-refractivity contribution is 0.0817. The van der Waals surface area contributed by atoms with Gasteiger partial charge in [0.15, 0.2) is 6.10 Å². The van der Waals surface area contributed by atoms with Crippen LogP contribution < -0.4 is 10.2 Å². The first-order chi connectivity index (χ1) is 13.0. The molecule has 0 aliphatic heterocycles. The van der Waals surface area contributed by atoms with Gasteiger partial charge in [0.2, 0.25) is 11.2 Å². The predicted molar refractivity (Wildman–Crippen MR) is 103 cm³/mol. The van der Waals surface area contributed by atoms with E-state index in [9.17, 15) is 14.7 Å². The molecule has 4 aromatic rings. The maximum Gasteiger partial charge on any atom is 0.204 e. The van der Waals surface area contributed by atoms with Crippen LogP contribution in [0.4, 0.5) is 0 Å². The van der Waals surface area contributed by atoms with Crippen LogP contribution in [0.25, 0.3) is 21.9 Å².